The Labute approximate surface area is 712 Å². The molecule has 8 aliphatic rings. The number of benzene rings is 3. The lowest BCUT2D eigenvalue weighted by atomic mass is 9.45. The summed E-state index contributed by atoms with van der Waals surface area (Å²) in [4.78, 5) is 109. The third-order valence-corrected chi connectivity index (χ3v) is 26.1. The van der Waals surface area contributed by atoms with Crippen molar-refractivity contribution in [3.8, 4) is 5.75 Å². The van der Waals surface area contributed by atoms with E-state index in [1.54, 1.807) is 0 Å². The minimum atomic E-state index is -0.231. The Morgan fingerprint density at radius 2 is 0.721 bits per heavy atom. The Kier molecular flexibility index (Phi) is 25.1. The monoisotopic (exact) mass is 1640 g/mol. The van der Waals surface area contributed by atoms with Gasteiger partial charge >= 0.3 is 0 Å². The summed E-state index contributed by atoms with van der Waals surface area (Å²) >= 11 is 0. The molecule has 1 unspecified atom stereocenters. The number of fused-ring (bicyclic) bond motifs is 7. The normalized spacial score (nSPS) is 18.1. The topological polar surface area (TPSA) is 308 Å². The molecule has 0 spiro atoms. The lowest BCUT2D eigenvalue weighted by Crippen LogP contribution is -2.52. The first kappa shape index (κ1) is 83.6. The van der Waals surface area contributed by atoms with Crippen molar-refractivity contribution in [3.63, 3.8) is 0 Å². The zero-order valence-corrected chi connectivity index (χ0v) is 71.9. The molecule has 3 aromatic carbocycles. The van der Waals surface area contributed by atoms with Crippen LogP contribution in [0.5, 0.6) is 5.75 Å². The fourth-order valence-electron chi connectivity index (χ4n) is 17.6. The van der Waals surface area contributed by atoms with Crippen LogP contribution in [0, 0.1) is 63.7 Å². The maximum Gasteiger partial charge on any atom is 0.264 e. The summed E-state index contributed by atoms with van der Waals surface area (Å²) in [6.45, 7) is 20.3. The van der Waals surface area contributed by atoms with E-state index in [-0.39, 0.29) is 48.0 Å². The van der Waals surface area contributed by atoms with Gasteiger partial charge in [0.2, 0.25) is 53.4 Å². The number of aryl methyl sites for hydroxylation is 6. The third-order valence-electron chi connectivity index (χ3n) is 26.1. The first-order chi connectivity index (χ1) is 59.0. The number of nitrogens with one attached hydrogen (secondary N) is 5. The van der Waals surface area contributed by atoms with Gasteiger partial charge in [0.15, 0.2) is 34.8 Å². The highest BCUT2D eigenvalue weighted by atomic mass is 16.5. The molecule has 122 heavy (non-hydrogen) atoms. The number of amides is 5. The minimum Gasteiger partial charge on any atom is -0.484 e. The fourth-order valence-corrected chi connectivity index (χ4v) is 17.6. The summed E-state index contributed by atoms with van der Waals surface area (Å²) in [5.41, 5.74) is 16.0. The van der Waals surface area contributed by atoms with Crippen molar-refractivity contribution >= 4 is 115 Å². The largest absolute Gasteiger partial charge is 0.484 e. The number of pyridine rings is 5. The number of carbonyl (C=O) groups is 5. The first-order valence-electron chi connectivity index (χ1n) is 44.1. The van der Waals surface area contributed by atoms with E-state index >= 15 is 0 Å². The van der Waals surface area contributed by atoms with Crippen LogP contribution in [0.3, 0.4) is 0 Å². The summed E-state index contributed by atoms with van der Waals surface area (Å²) in [5, 5.41) is 15.0. The number of hydrogen-bond donors (Lipinski definition) is 5. The second-order valence-corrected chi connectivity index (χ2v) is 35.3. The highest BCUT2D eigenvalue weighted by Crippen LogP contribution is 2.62. The van der Waals surface area contributed by atoms with Crippen molar-refractivity contribution < 1.29 is 28.7 Å². The molecule has 0 aliphatic heterocycles. The van der Waals surface area contributed by atoms with Crippen LogP contribution in [0.2, 0.25) is 0 Å². The van der Waals surface area contributed by atoms with E-state index in [0.717, 1.165) is 166 Å². The van der Waals surface area contributed by atoms with Crippen LogP contribution in [-0.4, -0.2) is 109 Å². The minimum absolute atomic E-state index is 0.00222. The number of ether oxygens (including phenoxy) is 1. The summed E-state index contributed by atoms with van der Waals surface area (Å²) in [7, 11) is 0. The van der Waals surface area contributed by atoms with E-state index in [1.807, 2.05) is 207 Å². The van der Waals surface area contributed by atoms with Crippen molar-refractivity contribution in [1.82, 2.24) is 72.7 Å². The van der Waals surface area contributed by atoms with Gasteiger partial charge in [0.1, 0.15) is 33.3 Å². The Hall–Kier alpha value is -12.1. The SMILES string of the molecule is Cc1ccc2nc(NC(=O)C(C)C)n(C3CCC3)c2n1.Cc1ccc2nc(NC(=O)C(C)c3ccccc3)n(C3CCC3)c2n1.Cc1ccc2nc(NC(=O)CCc3ccccc3)n(C3CCC3)c2n1.Cc1ccc2nc(NC(=O)COc3ccccc3)n(C3CCC3)c2n1.Cc1ccc2nc(NC(=O)C[C@@H]3CC[C@H]4C[C@@H]3C4(C)C)n(C3CCC3)c2n1. The highest BCUT2D eigenvalue weighted by molar-refractivity contribution is 5.97. The molecular formula is C96H114N20O6. The van der Waals surface area contributed by atoms with Crippen LogP contribution in [0.4, 0.5) is 29.7 Å². The molecule has 8 saturated carbocycles. The van der Waals surface area contributed by atoms with E-state index in [9.17, 15) is 24.0 Å². The first-order valence-corrected chi connectivity index (χ1v) is 44.1. The zero-order valence-electron chi connectivity index (χ0n) is 71.9. The molecule has 4 atom stereocenters. The number of anilines is 5. The van der Waals surface area contributed by atoms with Crippen molar-refractivity contribution in [1.29, 1.82) is 0 Å². The van der Waals surface area contributed by atoms with Gasteiger partial charge in [-0.3, -0.25) is 73.4 Å². The average molecular weight is 1640 g/mol. The molecule has 21 rings (SSSR count). The van der Waals surface area contributed by atoms with Crippen LogP contribution < -0.4 is 31.3 Å². The van der Waals surface area contributed by atoms with Crippen LogP contribution in [0.1, 0.15) is 239 Å². The van der Waals surface area contributed by atoms with E-state index in [4.69, 9.17) is 14.7 Å². The van der Waals surface area contributed by atoms with Gasteiger partial charge in [0.25, 0.3) is 5.91 Å². The van der Waals surface area contributed by atoms with Crippen LogP contribution >= 0.6 is 0 Å². The van der Waals surface area contributed by atoms with Gasteiger partial charge in [-0.25, -0.2) is 49.8 Å². The lowest BCUT2D eigenvalue weighted by molar-refractivity contribution is -0.129. The Balaban J connectivity index is 0.000000113. The Morgan fingerprint density at radius 3 is 1.07 bits per heavy atom. The molecule has 5 N–H and O–H groups in total. The van der Waals surface area contributed by atoms with Crippen molar-refractivity contribution in [2.45, 2.75) is 240 Å². The Morgan fingerprint density at radius 1 is 0.385 bits per heavy atom. The predicted molar refractivity (Wildman–Crippen MR) is 478 cm³/mol. The summed E-state index contributed by atoms with van der Waals surface area (Å²) < 4.78 is 16.1. The fraction of sp³-hybridized carbons (Fsp3) is 0.448. The maximum absolute atomic E-state index is 12.9. The molecule has 8 aliphatic carbocycles. The smallest absolute Gasteiger partial charge is 0.264 e. The number of rotatable bonds is 21. The van der Waals surface area contributed by atoms with Gasteiger partial charge in [-0.1, -0.05) is 107 Å². The van der Waals surface area contributed by atoms with Crippen LogP contribution in [0.15, 0.2) is 152 Å². The number of imidazole rings is 5. The molecule has 0 radical (unpaired) electrons. The van der Waals surface area contributed by atoms with Crippen LogP contribution in [-0.2, 0) is 30.4 Å². The summed E-state index contributed by atoms with van der Waals surface area (Å²) in [6.07, 6.45) is 22.9. The van der Waals surface area contributed by atoms with Crippen molar-refractivity contribution in [2.75, 3.05) is 33.2 Å². The van der Waals surface area contributed by atoms with E-state index in [0.29, 0.717) is 95.8 Å². The number of aromatic nitrogens is 15. The molecule has 634 valence electrons. The summed E-state index contributed by atoms with van der Waals surface area (Å²) in [5.74, 6) is 5.47. The quantitative estimate of drug-likeness (QED) is 0.0446. The molecule has 13 aromatic rings. The number of nitrogens with zero attached hydrogens (tertiary/aromatic N) is 15. The highest BCUT2D eigenvalue weighted by Gasteiger charge is 2.54. The molecule has 10 aromatic heterocycles. The molecule has 2 bridgehead atoms. The molecular weight excluding hydrogens is 1530 g/mol. The zero-order chi connectivity index (χ0) is 84.9. The Bertz CT molecular complexity index is 5770. The van der Waals surface area contributed by atoms with Crippen LogP contribution in [0.25, 0.3) is 55.8 Å². The third kappa shape index (κ3) is 18.5. The number of hydrogen-bond acceptors (Lipinski definition) is 16. The van der Waals surface area contributed by atoms with E-state index in [2.05, 4.69) is 103 Å². The average Bonchev–Trinajstić information content (AvgIpc) is 1.24. The van der Waals surface area contributed by atoms with Crippen molar-refractivity contribution in [2.24, 2.45) is 29.1 Å². The molecule has 26 nitrogen and oxygen atoms in total. The molecule has 0 saturated heterocycles. The molecule has 5 amide bonds. The van der Waals surface area contributed by atoms with Gasteiger partial charge in [-0.15, -0.1) is 0 Å². The lowest BCUT2D eigenvalue weighted by Gasteiger charge is -2.60. The van der Waals surface area contributed by atoms with Gasteiger partial charge in [0, 0.05) is 77.4 Å². The van der Waals surface area contributed by atoms with E-state index < -0.39 is 0 Å². The van der Waals surface area contributed by atoms with Gasteiger partial charge in [0.05, 0.1) is 5.92 Å². The second kappa shape index (κ2) is 36.7. The van der Waals surface area contributed by atoms with Gasteiger partial charge in [-0.2, -0.15) is 0 Å². The number of para-hydroxylation sites is 1. The molecule has 10 heterocycles. The summed E-state index contributed by atoms with van der Waals surface area (Å²) in [6, 6.07) is 50.8. The standard InChI is InChI=1S/C22H30N4O.2C20H22N4O.C19H20N4O2.C15H20N4O/c1-13-7-10-18-20(23-13)26(16-5-4-6-16)21(24-18)25-19(27)11-14-8-9-15-12-17(14)22(15,2)3;1-13-11-12-17-18(21-13)24(16-9-6-10-16)20(22-17)23-19(25)14(2)15-7-4-3-5-8-15;1-14-10-12-17-19(21-14)24(16-8-5-9-16)20(22-17)23-18(25)13-11-15-6-3-2-4-7-15;1-13-10-11-16-18(20-13)23(14-6-5-7-14)19(21-16)22-17(24)12-25-15-8-3-2-4-9-15;1-9(2)14(20)18-15-17-12-8-7-10(3)16-13(12)19(15)11-5-4-6-11/h7,10,14-17H,4-6,8-9,11-12H2,1-3H3,(H,24,25,27);3-5,7-8,11-12,14,16H,6,9-10H2,1-2H3,(H,22,23,25);2-4,6-7,10,12,16H,5,8-9,11,13H2,1H3,(H,22,23,25);2-4,8-11,14H,5-7,12H2,1H3,(H,21,22,24);7-9,11H,4-6H2,1-3H3,(H,17,18,20)/t14-,15-,17-;;;;/m0..../s1. The van der Waals surface area contributed by atoms with Gasteiger partial charge in [-0.05, 0) is 271 Å². The number of carbonyl (C=O) groups excluding carboxylic acids is 5. The second-order valence-electron chi connectivity index (χ2n) is 35.3. The van der Waals surface area contributed by atoms with Crippen molar-refractivity contribution in [3.05, 3.63) is 191 Å². The van der Waals surface area contributed by atoms with Gasteiger partial charge < -0.3 is 4.74 Å². The maximum atomic E-state index is 12.9. The molecule has 8 fully saturated rings. The molecule has 26 heteroatoms. The predicted octanol–water partition coefficient (Wildman–Crippen LogP) is 19.6. The van der Waals surface area contributed by atoms with E-state index in [1.165, 1.54) is 56.9 Å².